The number of nitrogens with one attached hydrogen (secondary N) is 2. The summed E-state index contributed by atoms with van der Waals surface area (Å²) in [7, 11) is 1.35. The van der Waals surface area contributed by atoms with Crippen LogP contribution >= 0.6 is 0 Å². The van der Waals surface area contributed by atoms with Crippen LogP contribution in [0.25, 0.3) is 0 Å². The molecule has 5 nitrogen and oxygen atoms in total. The molecule has 1 aromatic heterocycles. The van der Waals surface area contributed by atoms with E-state index >= 15 is 0 Å². The fourth-order valence-corrected chi connectivity index (χ4v) is 2.12. The Morgan fingerprint density at radius 1 is 1.43 bits per heavy atom. The minimum absolute atomic E-state index is 0.388. The highest BCUT2D eigenvalue weighted by Crippen LogP contribution is 2.13. The number of aromatic nitrogens is 1. The van der Waals surface area contributed by atoms with Crippen LogP contribution < -0.4 is 5.32 Å². The molecule has 1 aromatic carbocycles. The monoisotopic (exact) mass is 288 g/mol. The van der Waals surface area contributed by atoms with Crippen molar-refractivity contribution in [1.29, 1.82) is 0 Å². The SMILES string of the molecule is COC(=O)c1cc(CNCC(O)c2cccc(C)c2)c[nH]1. The highest BCUT2D eigenvalue weighted by Gasteiger charge is 2.09. The summed E-state index contributed by atoms with van der Waals surface area (Å²) < 4.78 is 4.63. The second kappa shape index (κ2) is 7.06. The largest absolute Gasteiger partial charge is 0.464 e. The molecule has 3 N–H and O–H groups in total. The molecule has 0 aliphatic rings. The quantitative estimate of drug-likeness (QED) is 0.710. The van der Waals surface area contributed by atoms with E-state index in [1.807, 2.05) is 31.2 Å². The van der Waals surface area contributed by atoms with Crippen LogP contribution in [-0.4, -0.2) is 29.7 Å². The van der Waals surface area contributed by atoms with E-state index in [9.17, 15) is 9.90 Å². The van der Waals surface area contributed by atoms with Gasteiger partial charge in [0.1, 0.15) is 5.69 Å². The van der Waals surface area contributed by atoms with Gasteiger partial charge in [-0.1, -0.05) is 29.8 Å². The maximum atomic E-state index is 11.3. The van der Waals surface area contributed by atoms with Crippen LogP contribution in [0.2, 0.25) is 0 Å². The van der Waals surface area contributed by atoms with Gasteiger partial charge in [-0.2, -0.15) is 0 Å². The number of rotatable bonds is 6. The number of aliphatic hydroxyl groups is 1. The third-order valence-electron chi connectivity index (χ3n) is 3.24. The lowest BCUT2D eigenvalue weighted by Gasteiger charge is -2.12. The maximum absolute atomic E-state index is 11.3. The lowest BCUT2D eigenvalue weighted by Crippen LogP contribution is -2.20. The second-order valence-corrected chi connectivity index (χ2v) is 4.97. The van der Waals surface area contributed by atoms with Gasteiger partial charge in [0.2, 0.25) is 0 Å². The van der Waals surface area contributed by atoms with E-state index in [-0.39, 0.29) is 5.97 Å². The number of aromatic amines is 1. The lowest BCUT2D eigenvalue weighted by atomic mass is 10.1. The predicted octanol–water partition coefficient (Wildman–Crippen LogP) is 1.93. The van der Waals surface area contributed by atoms with E-state index in [2.05, 4.69) is 15.0 Å². The van der Waals surface area contributed by atoms with Crippen molar-refractivity contribution in [2.24, 2.45) is 0 Å². The highest BCUT2D eigenvalue weighted by molar-refractivity contribution is 5.87. The van der Waals surface area contributed by atoms with Crippen molar-refractivity contribution >= 4 is 5.97 Å². The molecule has 0 radical (unpaired) electrons. The molecule has 0 aliphatic carbocycles. The van der Waals surface area contributed by atoms with Crippen LogP contribution in [0.1, 0.15) is 33.3 Å². The number of esters is 1. The van der Waals surface area contributed by atoms with Gasteiger partial charge >= 0.3 is 5.97 Å². The van der Waals surface area contributed by atoms with Crippen LogP contribution in [-0.2, 0) is 11.3 Å². The number of H-pyrrole nitrogens is 1. The summed E-state index contributed by atoms with van der Waals surface area (Å²) in [5, 5.41) is 13.3. The van der Waals surface area contributed by atoms with E-state index in [1.165, 1.54) is 7.11 Å². The topological polar surface area (TPSA) is 74.3 Å². The van der Waals surface area contributed by atoms with Crippen molar-refractivity contribution in [3.05, 3.63) is 58.9 Å². The van der Waals surface area contributed by atoms with Crippen molar-refractivity contribution in [1.82, 2.24) is 10.3 Å². The summed E-state index contributed by atoms with van der Waals surface area (Å²) in [6.45, 7) is 3.01. The molecular formula is C16H20N2O3. The van der Waals surface area contributed by atoms with Gasteiger partial charge in [-0.15, -0.1) is 0 Å². The van der Waals surface area contributed by atoms with Crippen molar-refractivity contribution in [2.75, 3.05) is 13.7 Å². The molecule has 0 amide bonds. The number of hydrogen-bond acceptors (Lipinski definition) is 4. The van der Waals surface area contributed by atoms with Crippen LogP contribution in [0.15, 0.2) is 36.5 Å². The zero-order valence-corrected chi connectivity index (χ0v) is 12.2. The van der Waals surface area contributed by atoms with E-state index in [0.717, 1.165) is 16.7 Å². The Labute approximate surface area is 124 Å². The molecule has 0 saturated carbocycles. The Morgan fingerprint density at radius 2 is 2.24 bits per heavy atom. The number of methoxy groups -OCH3 is 1. The molecule has 1 atom stereocenters. The molecule has 1 unspecified atom stereocenters. The molecule has 5 heteroatoms. The number of aryl methyl sites for hydroxylation is 1. The van der Waals surface area contributed by atoms with Crippen LogP contribution in [0, 0.1) is 6.92 Å². The van der Waals surface area contributed by atoms with E-state index in [1.54, 1.807) is 12.3 Å². The van der Waals surface area contributed by atoms with Gasteiger partial charge in [-0.3, -0.25) is 0 Å². The summed E-state index contributed by atoms with van der Waals surface area (Å²) in [5.74, 6) is -0.388. The van der Waals surface area contributed by atoms with Gasteiger partial charge in [0.15, 0.2) is 0 Å². The fourth-order valence-electron chi connectivity index (χ4n) is 2.12. The van der Waals surface area contributed by atoms with Crippen LogP contribution in [0.5, 0.6) is 0 Å². The molecule has 0 fully saturated rings. The summed E-state index contributed by atoms with van der Waals surface area (Å²) in [4.78, 5) is 14.2. The first kappa shape index (κ1) is 15.3. The molecule has 2 rings (SSSR count). The van der Waals surface area contributed by atoms with Gasteiger partial charge in [0.25, 0.3) is 0 Å². The highest BCUT2D eigenvalue weighted by atomic mass is 16.5. The van der Waals surface area contributed by atoms with Gasteiger partial charge < -0.3 is 20.1 Å². The third-order valence-corrected chi connectivity index (χ3v) is 3.24. The third kappa shape index (κ3) is 4.18. The summed E-state index contributed by atoms with van der Waals surface area (Å²) >= 11 is 0. The summed E-state index contributed by atoms with van der Waals surface area (Å²) in [6, 6.07) is 9.54. The van der Waals surface area contributed by atoms with E-state index < -0.39 is 6.10 Å². The molecule has 1 heterocycles. The number of hydrogen-bond donors (Lipinski definition) is 3. The van der Waals surface area contributed by atoms with Gasteiger partial charge in [0.05, 0.1) is 13.2 Å². The first-order valence-electron chi connectivity index (χ1n) is 6.81. The Balaban J connectivity index is 1.84. The van der Waals surface area contributed by atoms with Crippen molar-refractivity contribution in [3.8, 4) is 0 Å². The maximum Gasteiger partial charge on any atom is 0.354 e. The number of benzene rings is 1. The molecular weight excluding hydrogens is 268 g/mol. The van der Waals surface area contributed by atoms with Crippen LogP contribution in [0.4, 0.5) is 0 Å². The zero-order valence-electron chi connectivity index (χ0n) is 12.2. The minimum Gasteiger partial charge on any atom is -0.464 e. The average molecular weight is 288 g/mol. The lowest BCUT2D eigenvalue weighted by molar-refractivity contribution is 0.0595. The average Bonchev–Trinajstić information content (AvgIpc) is 2.95. The smallest absolute Gasteiger partial charge is 0.354 e. The number of ether oxygens (including phenoxy) is 1. The molecule has 0 spiro atoms. The number of carbonyl (C=O) groups excluding carboxylic acids is 1. The molecule has 21 heavy (non-hydrogen) atoms. The summed E-state index contributed by atoms with van der Waals surface area (Å²) in [6.07, 6.45) is 1.20. The van der Waals surface area contributed by atoms with Crippen LogP contribution in [0.3, 0.4) is 0 Å². The zero-order chi connectivity index (χ0) is 15.2. The Kier molecular flexibility index (Phi) is 5.14. The van der Waals surface area contributed by atoms with E-state index in [0.29, 0.717) is 18.8 Å². The van der Waals surface area contributed by atoms with Crippen molar-refractivity contribution in [3.63, 3.8) is 0 Å². The Bertz CT molecular complexity index is 607. The minimum atomic E-state index is -0.552. The Morgan fingerprint density at radius 3 is 2.95 bits per heavy atom. The number of aliphatic hydroxyl groups excluding tert-OH is 1. The predicted molar refractivity (Wildman–Crippen MR) is 80.0 cm³/mol. The molecule has 0 saturated heterocycles. The number of carbonyl (C=O) groups is 1. The summed E-state index contributed by atoms with van der Waals surface area (Å²) in [5.41, 5.74) is 3.38. The second-order valence-electron chi connectivity index (χ2n) is 4.97. The fraction of sp³-hybridized carbons (Fsp3) is 0.312. The molecule has 112 valence electrons. The van der Waals surface area contributed by atoms with Gasteiger partial charge in [-0.25, -0.2) is 4.79 Å². The first-order valence-corrected chi connectivity index (χ1v) is 6.81. The van der Waals surface area contributed by atoms with Crippen molar-refractivity contribution < 1.29 is 14.6 Å². The molecule has 0 bridgehead atoms. The molecule has 0 aliphatic heterocycles. The van der Waals surface area contributed by atoms with Crippen molar-refractivity contribution in [2.45, 2.75) is 19.6 Å². The van der Waals surface area contributed by atoms with E-state index in [4.69, 9.17) is 0 Å². The molecule has 2 aromatic rings. The van der Waals surface area contributed by atoms with Gasteiger partial charge in [0, 0.05) is 19.3 Å². The van der Waals surface area contributed by atoms with Gasteiger partial charge in [-0.05, 0) is 24.1 Å². The first-order chi connectivity index (χ1) is 10.1. The Hall–Kier alpha value is -2.11. The standard InChI is InChI=1S/C16H20N2O3/c1-11-4-3-5-13(6-11)15(19)10-17-8-12-7-14(18-9-12)16(20)21-2/h3-7,9,15,17-19H,8,10H2,1-2H3. The normalized spacial score (nSPS) is 12.1.